The molecule has 164 valence electrons. The molecule has 1 aromatic heterocycles. The fourth-order valence-electron chi connectivity index (χ4n) is 3.29. The van der Waals surface area contributed by atoms with Crippen LogP contribution in [0, 0.1) is 5.82 Å². The van der Waals surface area contributed by atoms with Crippen LogP contribution in [0.15, 0.2) is 77.7 Å². The Morgan fingerprint density at radius 1 is 1.00 bits per heavy atom. The molecule has 32 heavy (non-hydrogen) atoms. The van der Waals surface area contributed by atoms with Gasteiger partial charge in [0.1, 0.15) is 5.82 Å². The third-order valence-corrected chi connectivity index (χ3v) is 7.28. The molecule has 0 aliphatic heterocycles. The van der Waals surface area contributed by atoms with Crippen molar-refractivity contribution in [1.82, 2.24) is 0 Å². The maximum Gasteiger partial charge on any atom is 0.266 e. The number of halogens is 1. The Labute approximate surface area is 188 Å². The molecule has 0 spiro atoms. The average Bonchev–Trinajstić information content (AvgIpc) is 3.14. The summed E-state index contributed by atoms with van der Waals surface area (Å²) in [6.45, 7) is 0.0839. The van der Waals surface area contributed by atoms with E-state index >= 15 is 0 Å². The lowest BCUT2D eigenvalue weighted by atomic mass is 10.1. The minimum absolute atomic E-state index is 0.0839. The van der Waals surface area contributed by atoms with Crippen LogP contribution >= 0.6 is 11.3 Å². The lowest BCUT2D eigenvalue weighted by molar-refractivity contribution is 0.102. The van der Waals surface area contributed by atoms with Crippen LogP contribution in [-0.4, -0.2) is 21.4 Å². The Morgan fingerprint density at radius 2 is 1.72 bits per heavy atom. The highest BCUT2D eigenvalue weighted by Gasteiger charge is 2.21. The van der Waals surface area contributed by atoms with Crippen molar-refractivity contribution >= 4 is 48.7 Å². The third-order valence-electron chi connectivity index (χ3n) is 4.68. The molecule has 2 N–H and O–H groups in total. The van der Waals surface area contributed by atoms with Gasteiger partial charge in [-0.25, -0.2) is 12.8 Å². The molecule has 0 saturated carbocycles. The summed E-state index contributed by atoms with van der Waals surface area (Å²) in [6, 6.07) is 19.0. The average molecular weight is 471 g/mol. The van der Waals surface area contributed by atoms with E-state index in [0.29, 0.717) is 31.9 Å². The normalized spacial score (nSPS) is 11.4. The number of sulfonamides is 1. The fourth-order valence-corrected chi connectivity index (χ4v) is 5.48. The summed E-state index contributed by atoms with van der Waals surface area (Å²) in [6.07, 6.45) is 0. The number of amides is 1. The van der Waals surface area contributed by atoms with E-state index in [0.717, 1.165) is 0 Å². The number of benzene rings is 3. The number of thiophene rings is 1. The molecular formula is C23H19FN2O4S2. The summed E-state index contributed by atoms with van der Waals surface area (Å²) in [5.41, 5.74) is 1.17. The van der Waals surface area contributed by atoms with Crippen LogP contribution in [-0.2, 0) is 21.4 Å². The minimum atomic E-state index is -3.77. The molecule has 4 aromatic rings. The van der Waals surface area contributed by atoms with Crippen molar-refractivity contribution in [2.45, 2.75) is 11.5 Å². The Hall–Kier alpha value is -3.27. The van der Waals surface area contributed by atoms with Crippen LogP contribution in [0.5, 0.6) is 0 Å². The van der Waals surface area contributed by atoms with Crippen LogP contribution in [0.25, 0.3) is 10.1 Å². The number of methoxy groups -OCH3 is 1. The summed E-state index contributed by atoms with van der Waals surface area (Å²) >= 11 is 1.17. The monoisotopic (exact) mass is 470 g/mol. The molecule has 4 rings (SSSR count). The molecule has 0 aliphatic rings. The quantitative estimate of drug-likeness (QED) is 0.387. The second kappa shape index (κ2) is 9.07. The minimum Gasteiger partial charge on any atom is -0.380 e. The zero-order chi connectivity index (χ0) is 22.7. The van der Waals surface area contributed by atoms with E-state index in [1.165, 1.54) is 42.7 Å². The largest absolute Gasteiger partial charge is 0.380 e. The summed E-state index contributed by atoms with van der Waals surface area (Å²) in [7, 11) is -2.29. The highest BCUT2D eigenvalue weighted by Crippen LogP contribution is 2.34. The van der Waals surface area contributed by atoms with E-state index in [1.807, 2.05) is 0 Å². The van der Waals surface area contributed by atoms with Gasteiger partial charge in [0.05, 0.1) is 22.1 Å². The van der Waals surface area contributed by atoms with Crippen molar-refractivity contribution in [1.29, 1.82) is 0 Å². The lowest BCUT2D eigenvalue weighted by Crippen LogP contribution is -2.14. The summed E-state index contributed by atoms with van der Waals surface area (Å²) < 4.78 is 47.8. The summed E-state index contributed by atoms with van der Waals surface area (Å²) in [5, 5.41) is 3.13. The molecule has 9 heteroatoms. The Kier molecular flexibility index (Phi) is 6.22. The Morgan fingerprint density at radius 3 is 2.47 bits per heavy atom. The first-order valence-electron chi connectivity index (χ1n) is 9.57. The van der Waals surface area contributed by atoms with Crippen molar-refractivity contribution in [2.75, 3.05) is 17.1 Å². The van der Waals surface area contributed by atoms with Crippen LogP contribution in [0.1, 0.15) is 15.2 Å². The van der Waals surface area contributed by atoms with E-state index in [-0.39, 0.29) is 11.5 Å². The molecule has 3 aromatic carbocycles. The lowest BCUT2D eigenvalue weighted by Gasteiger charge is -2.11. The van der Waals surface area contributed by atoms with Crippen LogP contribution in [0.2, 0.25) is 0 Å². The molecule has 1 heterocycles. The van der Waals surface area contributed by atoms with Crippen molar-refractivity contribution in [2.24, 2.45) is 0 Å². The molecule has 6 nitrogen and oxygen atoms in total. The van der Waals surface area contributed by atoms with Crippen molar-refractivity contribution < 1.29 is 22.3 Å². The van der Waals surface area contributed by atoms with E-state index in [1.54, 1.807) is 48.5 Å². The van der Waals surface area contributed by atoms with Gasteiger partial charge in [0, 0.05) is 28.4 Å². The predicted octanol–water partition coefficient (Wildman–Crippen LogP) is 5.24. The van der Waals surface area contributed by atoms with Gasteiger partial charge in [-0.05, 0) is 42.5 Å². The number of hydrogen-bond acceptors (Lipinski definition) is 5. The number of ether oxygens (including phenoxy) is 1. The van der Waals surface area contributed by atoms with Crippen molar-refractivity contribution in [3.05, 3.63) is 89.1 Å². The van der Waals surface area contributed by atoms with Gasteiger partial charge in [-0.15, -0.1) is 11.3 Å². The van der Waals surface area contributed by atoms with Gasteiger partial charge in [-0.2, -0.15) is 0 Å². The molecule has 0 saturated heterocycles. The topological polar surface area (TPSA) is 84.5 Å². The second-order valence-electron chi connectivity index (χ2n) is 6.91. The first-order valence-corrected chi connectivity index (χ1v) is 11.9. The molecular weight excluding hydrogens is 451 g/mol. The van der Waals surface area contributed by atoms with Crippen LogP contribution < -0.4 is 10.0 Å². The first kappa shape index (κ1) is 21.9. The second-order valence-corrected chi connectivity index (χ2v) is 9.64. The number of fused-ring (bicyclic) bond motifs is 1. The van der Waals surface area contributed by atoms with E-state index in [2.05, 4.69) is 10.0 Å². The van der Waals surface area contributed by atoms with E-state index in [9.17, 15) is 17.6 Å². The van der Waals surface area contributed by atoms with Gasteiger partial charge in [-0.3, -0.25) is 9.52 Å². The van der Waals surface area contributed by atoms with Crippen LogP contribution in [0.4, 0.5) is 15.8 Å². The fraction of sp³-hybridized carbons (Fsp3) is 0.0870. The highest BCUT2D eigenvalue weighted by molar-refractivity contribution is 7.92. The predicted molar refractivity (Wildman–Crippen MR) is 124 cm³/mol. The van der Waals surface area contributed by atoms with Gasteiger partial charge in [0.25, 0.3) is 15.9 Å². The summed E-state index contributed by atoms with van der Waals surface area (Å²) in [4.78, 5) is 13.5. The van der Waals surface area contributed by atoms with E-state index < -0.39 is 21.7 Å². The zero-order valence-electron chi connectivity index (χ0n) is 17.0. The molecule has 0 fully saturated rings. The smallest absolute Gasteiger partial charge is 0.266 e. The standard InChI is InChI=1S/C23H19FN2O4S2/c1-30-14-18-21-19(24)11-6-12-20(21)31-22(18)23(27)25-15-7-5-8-16(13-15)26-32(28,29)17-9-3-2-4-10-17/h2-13,26H,14H2,1H3,(H,25,27). The van der Waals surface area contributed by atoms with Crippen molar-refractivity contribution in [3.8, 4) is 0 Å². The maximum absolute atomic E-state index is 14.4. The Bertz CT molecular complexity index is 1390. The number of carbonyl (C=O) groups excluding carboxylic acids is 1. The highest BCUT2D eigenvalue weighted by atomic mass is 32.2. The Balaban J connectivity index is 1.60. The number of anilines is 2. The van der Waals surface area contributed by atoms with Crippen molar-refractivity contribution in [3.63, 3.8) is 0 Å². The van der Waals surface area contributed by atoms with Gasteiger partial charge < -0.3 is 10.1 Å². The molecule has 1 amide bonds. The maximum atomic E-state index is 14.4. The molecule has 0 aliphatic carbocycles. The molecule has 0 atom stereocenters. The molecule has 0 unspecified atom stereocenters. The van der Waals surface area contributed by atoms with Gasteiger partial charge >= 0.3 is 0 Å². The number of rotatable bonds is 7. The van der Waals surface area contributed by atoms with Crippen LogP contribution in [0.3, 0.4) is 0 Å². The first-order chi connectivity index (χ1) is 15.4. The third kappa shape index (κ3) is 4.50. The number of hydrogen-bond donors (Lipinski definition) is 2. The van der Waals surface area contributed by atoms with Gasteiger partial charge in [0.2, 0.25) is 0 Å². The zero-order valence-corrected chi connectivity index (χ0v) is 18.6. The molecule has 0 radical (unpaired) electrons. The SMILES string of the molecule is COCc1c(C(=O)Nc2cccc(NS(=O)(=O)c3ccccc3)c2)sc2cccc(F)c12. The van der Waals surface area contributed by atoms with Gasteiger partial charge in [0.15, 0.2) is 0 Å². The number of nitrogens with one attached hydrogen (secondary N) is 2. The summed E-state index contributed by atoms with van der Waals surface area (Å²) in [5.74, 6) is -0.845. The van der Waals surface area contributed by atoms with E-state index in [4.69, 9.17) is 4.74 Å². The number of carbonyl (C=O) groups is 1. The van der Waals surface area contributed by atoms with Gasteiger partial charge in [-0.1, -0.05) is 30.3 Å². The molecule has 0 bridgehead atoms.